The van der Waals surface area contributed by atoms with E-state index in [0.29, 0.717) is 12.5 Å². The van der Waals surface area contributed by atoms with Crippen LogP contribution in [0.3, 0.4) is 0 Å². The van der Waals surface area contributed by atoms with Gasteiger partial charge in [0.1, 0.15) is 0 Å². The molecule has 4 nitrogen and oxygen atoms in total. The lowest BCUT2D eigenvalue weighted by atomic mass is 9.85. The highest BCUT2D eigenvalue weighted by atomic mass is 127. The van der Waals surface area contributed by atoms with E-state index in [1.54, 1.807) is 12.5 Å². The Morgan fingerprint density at radius 1 is 1.56 bits per heavy atom. The number of furan rings is 1. The van der Waals surface area contributed by atoms with Gasteiger partial charge in [-0.15, -0.1) is 24.0 Å². The Kier molecular flexibility index (Phi) is 5.65. The van der Waals surface area contributed by atoms with Crippen LogP contribution >= 0.6 is 24.0 Å². The third-order valence-electron chi connectivity index (χ3n) is 2.81. The summed E-state index contributed by atoms with van der Waals surface area (Å²) in [5, 5.41) is 3.14. The molecule has 1 aromatic heterocycles. The molecule has 1 heterocycles. The highest BCUT2D eigenvalue weighted by molar-refractivity contribution is 14.0. The molecule has 16 heavy (non-hydrogen) atoms. The minimum absolute atomic E-state index is 0. The number of nitrogens with one attached hydrogen (secondary N) is 1. The maximum atomic E-state index is 5.73. The summed E-state index contributed by atoms with van der Waals surface area (Å²) in [6.07, 6.45) is 7.33. The van der Waals surface area contributed by atoms with Crippen LogP contribution < -0.4 is 11.1 Å². The van der Waals surface area contributed by atoms with Gasteiger partial charge in [0.15, 0.2) is 5.96 Å². The summed E-state index contributed by atoms with van der Waals surface area (Å²) in [7, 11) is 0. The topological polar surface area (TPSA) is 63.5 Å². The predicted molar refractivity (Wildman–Crippen MR) is 74.8 cm³/mol. The van der Waals surface area contributed by atoms with Crippen molar-refractivity contribution in [1.29, 1.82) is 0 Å². The van der Waals surface area contributed by atoms with Crippen molar-refractivity contribution in [2.24, 2.45) is 16.6 Å². The molecule has 0 amide bonds. The maximum absolute atomic E-state index is 5.73. The molecule has 1 aliphatic rings. The maximum Gasteiger partial charge on any atom is 0.188 e. The van der Waals surface area contributed by atoms with Crippen LogP contribution in [0.2, 0.25) is 0 Å². The molecule has 0 unspecified atom stereocenters. The fourth-order valence-electron chi connectivity index (χ4n) is 1.56. The highest BCUT2D eigenvalue weighted by Crippen LogP contribution is 2.24. The van der Waals surface area contributed by atoms with E-state index < -0.39 is 0 Å². The molecular formula is C11H18IN3O. The number of halogens is 1. The Morgan fingerprint density at radius 2 is 2.38 bits per heavy atom. The molecular weight excluding hydrogens is 317 g/mol. The van der Waals surface area contributed by atoms with E-state index in [1.807, 2.05) is 6.07 Å². The van der Waals surface area contributed by atoms with Crippen molar-refractivity contribution in [1.82, 2.24) is 5.32 Å². The highest BCUT2D eigenvalue weighted by Gasteiger charge is 2.16. The van der Waals surface area contributed by atoms with Crippen LogP contribution in [0.25, 0.3) is 0 Å². The quantitative estimate of drug-likeness (QED) is 0.503. The molecule has 1 aliphatic carbocycles. The number of nitrogens with two attached hydrogens (primary N) is 1. The Balaban J connectivity index is 0.00000128. The standard InChI is InChI=1S/C11H17N3O.HI/c12-11(13-6-9-2-1-3-9)14-7-10-4-5-15-8-10;/h4-5,8-9H,1-3,6-7H2,(H3,12,13,14);1H. The summed E-state index contributed by atoms with van der Waals surface area (Å²) < 4.78 is 4.94. The second kappa shape index (κ2) is 6.78. The van der Waals surface area contributed by atoms with Gasteiger partial charge in [-0.1, -0.05) is 6.42 Å². The average Bonchev–Trinajstić information content (AvgIpc) is 2.64. The number of hydrogen-bond acceptors (Lipinski definition) is 2. The molecule has 90 valence electrons. The third kappa shape index (κ3) is 4.03. The van der Waals surface area contributed by atoms with Gasteiger partial charge in [-0.25, -0.2) is 4.99 Å². The molecule has 0 saturated heterocycles. The van der Waals surface area contributed by atoms with Crippen molar-refractivity contribution in [3.05, 3.63) is 24.2 Å². The number of aliphatic imine (C=N–C) groups is 1. The van der Waals surface area contributed by atoms with E-state index in [4.69, 9.17) is 10.2 Å². The van der Waals surface area contributed by atoms with Gasteiger partial charge in [0.2, 0.25) is 0 Å². The normalized spacial score (nSPS) is 16.4. The summed E-state index contributed by atoms with van der Waals surface area (Å²) >= 11 is 0. The second-order valence-electron chi connectivity index (χ2n) is 4.01. The number of nitrogens with zero attached hydrogens (tertiary/aromatic N) is 1. The molecule has 1 aromatic rings. The van der Waals surface area contributed by atoms with Crippen LogP contribution in [0, 0.1) is 5.92 Å². The molecule has 3 N–H and O–H groups in total. The first-order chi connectivity index (χ1) is 7.34. The summed E-state index contributed by atoms with van der Waals surface area (Å²) in [6, 6.07) is 1.89. The van der Waals surface area contributed by atoms with Crippen LogP contribution in [0.4, 0.5) is 0 Å². The van der Waals surface area contributed by atoms with Gasteiger partial charge in [0.25, 0.3) is 0 Å². The van der Waals surface area contributed by atoms with Gasteiger partial charge < -0.3 is 15.5 Å². The van der Waals surface area contributed by atoms with Gasteiger partial charge in [-0.05, 0) is 24.8 Å². The molecule has 0 radical (unpaired) electrons. The average molecular weight is 335 g/mol. The number of hydrogen-bond donors (Lipinski definition) is 2. The lowest BCUT2D eigenvalue weighted by molar-refractivity contribution is 0.315. The molecule has 1 saturated carbocycles. The minimum Gasteiger partial charge on any atom is -0.472 e. The Bertz CT molecular complexity index is 320. The zero-order valence-corrected chi connectivity index (χ0v) is 11.5. The fraction of sp³-hybridized carbons (Fsp3) is 0.545. The van der Waals surface area contributed by atoms with E-state index >= 15 is 0 Å². The van der Waals surface area contributed by atoms with Crippen LogP contribution in [0.1, 0.15) is 24.8 Å². The van der Waals surface area contributed by atoms with Crippen LogP contribution in [0.15, 0.2) is 28.0 Å². The first kappa shape index (κ1) is 13.3. The Morgan fingerprint density at radius 3 is 2.94 bits per heavy atom. The summed E-state index contributed by atoms with van der Waals surface area (Å²) in [5.74, 6) is 1.33. The van der Waals surface area contributed by atoms with Gasteiger partial charge in [-0.3, -0.25) is 0 Å². The monoisotopic (exact) mass is 335 g/mol. The van der Waals surface area contributed by atoms with E-state index in [0.717, 1.165) is 18.0 Å². The number of guanidine groups is 1. The molecule has 0 bridgehead atoms. The predicted octanol–water partition coefficient (Wildman–Crippen LogP) is 2.10. The second-order valence-corrected chi connectivity index (χ2v) is 4.01. The molecule has 1 fully saturated rings. The van der Waals surface area contributed by atoms with E-state index in [-0.39, 0.29) is 24.0 Å². The molecule has 0 atom stereocenters. The summed E-state index contributed by atoms with van der Waals surface area (Å²) in [4.78, 5) is 4.22. The molecule has 5 heteroatoms. The largest absolute Gasteiger partial charge is 0.472 e. The van der Waals surface area contributed by atoms with Crippen molar-refractivity contribution >= 4 is 29.9 Å². The van der Waals surface area contributed by atoms with Gasteiger partial charge in [-0.2, -0.15) is 0 Å². The van der Waals surface area contributed by atoms with E-state index in [9.17, 15) is 0 Å². The lowest BCUT2D eigenvalue weighted by Crippen LogP contribution is -2.37. The summed E-state index contributed by atoms with van der Waals surface area (Å²) in [6.45, 7) is 1.54. The Hall–Kier alpha value is -0.720. The van der Waals surface area contributed by atoms with E-state index in [2.05, 4.69) is 10.3 Å². The first-order valence-corrected chi connectivity index (χ1v) is 5.39. The lowest BCUT2D eigenvalue weighted by Gasteiger charge is -2.25. The zero-order chi connectivity index (χ0) is 10.5. The van der Waals surface area contributed by atoms with Gasteiger partial charge >= 0.3 is 0 Å². The molecule has 0 aliphatic heterocycles. The van der Waals surface area contributed by atoms with Crippen molar-refractivity contribution in [3.8, 4) is 0 Å². The molecule has 0 spiro atoms. The zero-order valence-electron chi connectivity index (χ0n) is 9.19. The smallest absolute Gasteiger partial charge is 0.188 e. The first-order valence-electron chi connectivity index (χ1n) is 5.39. The fourth-order valence-corrected chi connectivity index (χ4v) is 1.56. The Labute approximate surface area is 113 Å². The number of rotatable bonds is 4. The van der Waals surface area contributed by atoms with Crippen LogP contribution in [0.5, 0.6) is 0 Å². The van der Waals surface area contributed by atoms with Gasteiger partial charge in [0, 0.05) is 12.1 Å². The molecule has 0 aromatic carbocycles. The van der Waals surface area contributed by atoms with Crippen molar-refractivity contribution < 1.29 is 4.42 Å². The summed E-state index contributed by atoms with van der Waals surface area (Å²) in [5.41, 5.74) is 6.77. The van der Waals surface area contributed by atoms with Gasteiger partial charge in [0.05, 0.1) is 19.1 Å². The van der Waals surface area contributed by atoms with Crippen molar-refractivity contribution in [3.63, 3.8) is 0 Å². The minimum atomic E-state index is 0. The van der Waals surface area contributed by atoms with E-state index in [1.165, 1.54) is 19.3 Å². The SMILES string of the molecule is I.NC(=NCc1ccoc1)NCC1CCC1. The third-order valence-corrected chi connectivity index (χ3v) is 2.81. The van der Waals surface area contributed by atoms with Crippen LogP contribution in [-0.4, -0.2) is 12.5 Å². The van der Waals surface area contributed by atoms with Crippen molar-refractivity contribution in [2.45, 2.75) is 25.8 Å². The van der Waals surface area contributed by atoms with Crippen molar-refractivity contribution in [2.75, 3.05) is 6.54 Å². The molecule has 2 rings (SSSR count). The van der Waals surface area contributed by atoms with Crippen LogP contribution in [-0.2, 0) is 6.54 Å².